The van der Waals surface area contributed by atoms with Crippen LogP contribution in [-0.2, 0) is 11.3 Å². The van der Waals surface area contributed by atoms with Gasteiger partial charge in [-0.3, -0.25) is 9.69 Å². The summed E-state index contributed by atoms with van der Waals surface area (Å²) in [5, 5.41) is 5.83. The molecule has 1 fully saturated rings. The molecule has 1 aliphatic heterocycles. The molecule has 0 unspecified atom stereocenters. The highest BCUT2D eigenvalue weighted by molar-refractivity contribution is 7.13. The van der Waals surface area contributed by atoms with Gasteiger partial charge in [0.05, 0.1) is 5.69 Å². The molecule has 0 bridgehead atoms. The maximum atomic E-state index is 12.3. The summed E-state index contributed by atoms with van der Waals surface area (Å²) in [7, 11) is 0. The van der Waals surface area contributed by atoms with Crippen LogP contribution in [0.1, 0.15) is 45.2 Å². The van der Waals surface area contributed by atoms with E-state index in [1.807, 2.05) is 0 Å². The van der Waals surface area contributed by atoms with Crippen molar-refractivity contribution in [1.82, 2.24) is 9.88 Å². The van der Waals surface area contributed by atoms with Gasteiger partial charge in [0.2, 0.25) is 5.91 Å². The third-order valence-electron chi connectivity index (χ3n) is 4.75. The minimum absolute atomic E-state index is 0.108. The Balaban J connectivity index is 1.53. The third-order valence-corrected chi connectivity index (χ3v) is 5.56. The largest absolute Gasteiger partial charge is 0.302 e. The lowest BCUT2D eigenvalue weighted by Gasteiger charge is -2.34. The molecule has 2 heterocycles. The number of rotatable bonds is 4. The van der Waals surface area contributed by atoms with Gasteiger partial charge in [0.15, 0.2) is 5.13 Å². The predicted octanol–water partition coefficient (Wildman–Crippen LogP) is 3.92. The molecule has 23 heavy (non-hydrogen) atoms. The van der Waals surface area contributed by atoms with Crippen molar-refractivity contribution in [1.29, 1.82) is 0 Å². The third kappa shape index (κ3) is 4.64. The fraction of sp³-hybridized carbons (Fsp3) is 0.667. The molecule has 5 heteroatoms. The van der Waals surface area contributed by atoms with Gasteiger partial charge < -0.3 is 5.32 Å². The first-order valence-corrected chi connectivity index (χ1v) is 9.60. The quantitative estimate of drug-likeness (QED) is 0.850. The van der Waals surface area contributed by atoms with E-state index in [1.54, 1.807) is 11.3 Å². The van der Waals surface area contributed by atoms with Crippen LogP contribution in [0.25, 0.3) is 0 Å². The lowest BCUT2D eigenvalue weighted by atomic mass is 9.92. The maximum Gasteiger partial charge on any atom is 0.229 e. The normalized spacial score (nSPS) is 28.7. The number of carbonyl (C=O) groups is 1. The van der Waals surface area contributed by atoms with E-state index in [-0.39, 0.29) is 11.8 Å². The number of piperidine rings is 1. The number of hydrogen-bond acceptors (Lipinski definition) is 4. The summed E-state index contributed by atoms with van der Waals surface area (Å²) < 4.78 is 0. The molecule has 0 radical (unpaired) electrons. The Morgan fingerprint density at radius 3 is 2.83 bits per heavy atom. The van der Waals surface area contributed by atoms with Crippen molar-refractivity contribution in [2.45, 2.75) is 46.1 Å². The number of allylic oxidation sites excluding steroid dienone is 2. The van der Waals surface area contributed by atoms with Gasteiger partial charge in [-0.2, -0.15) is 0 Å². The van der Waals surface area contributed by atoms with Crippen molar-refractivity contribution in [3.05, 3.63) is 23.2 Å². The summed E-state index contributed by atoms with van der Waals surface area (Å²) in [6, 6.07) is 0. The Bertz CT molecular complexity index is 558. The van der Waals surface area contributed by atoms with Crippen LogP contribution in [0.15, 0.2) is 17.5 Å². The Labute approximate surface area is 143 Å². The van der Waals surface area contributed by atoms with Gasteiger partial charge in [0.1, 0.15) is 0 Å². The van der Waals surface area contributed by atoms with E-state index in [0.29, 0.717) is 0 Å². The molecular weight excluding hydrogens is 306 g/mol. The number of thiazole rings is 1. The second-order valence-corrected chi connectivity index (χ2v) is 8.11. The smallest absolute Gasteiger partial charge is 0.229 e. The second-order valence-electron chi connectivity index (χ2n) is 7.25. The highest BCUT2D eigenvalue weighted by Gasteiger charge is 2.23. The summed E-state index contributed by atoms with van der Waals surface area (Å²) in [4.78, 5) is 19.4. The molecule has 4 nitrogen and oxygen atoms in total. The average Bonchev–Trinajstić information content (AvgIpc) is 2.94. The molecule has 0 saturated carbocycles. The Hall–Kier alpha value is -1.20. The number of aromatic nitrogens is 1. The zero-order chi connectivity index (χ0) is 16.2. The minimum Gasteiger partial charge on any atom is -0.302 e. The average molecular weight is 334 g/mol. The number of nitrogens with one attached hydrogen (secondary N) is 1. The molecule has 1 N–H and O–H groups in total. The fourth-order valence-corrected chi connectivity index (χ4v) is 4.53. The number of amides is 1. The van der Waals surface area contributed by atoms with Crippen molar-refractivity contribution in [2.75, 3.05) is 18.4 Å². The van der Waals surface area contributed by atoms with E-state index in [9.17, 15) is 4.79 Å². The van der Waals surface area contributed by atoms with E-state index in [2.05, 4.69) is 46.6 Å². The minimum atomic E-state index is 0.108. The van der Waals surface area contributed by atoms with Crippen molar-refractivity contribution in [3.8, 4) is 0 Å². The molecule has 1 saturated heterocycles. The highest BCUT2D eigenvalue weighted by Crippen LogP contribution is 2.25. The molecule has 1 aromatic rings. The molecule has 0 spiro atoms. The summed E-state index contributed by atoms with van der Waals surface area (Å²) >= 11 is 1.54. The number of likely N-dealkylation sites (tertiary alicyclic amines) is 1. The fourth-order valence-electron chi connectivity index (χ4n) is 3.83. The van der Waals surface area contributed by atoms with Gasteiger partial charge in [0.25, 0.3) is 0 Å². The topological polar surface area (TPSA) is 45.2 Å². The Morgan fingerprint density at radius 1 is 1.35 bits per heavy atom. The SMILES string of the molecule is C[C@@H]1C[C@H](C)CN(Cc2csc(NC(=O)[C@H]3CC=CCC3)n2)C1. The van der Waals surface area contributed by atoms with Gasteiger partial charge in [-0.15, -0.1) is 11.3 Å². The molecular formula is C18H27N3OS. The zero-order valence-corrected chi connectivity index (χ0v) is 14.9. The Kier molecular flexibility index (Phi) is 5.49. The Morgan fingerprint density at radius 2 is 2.13 bits per heavy atom. The molecule has 1 amide bonds. The molecule has 126 valence electrons. The van der Waals surface area contributed by atoms with Crippen LogP contribution in [0.2, 0.25) is 0 Å². The lowest BCUT2D eigenvalue weighted by molar-refractivity contribution is -0.120. The van der Waals surface area contributed by atoms with E-state index >= 15 is 0 Å². The van der Waals surface area contributed by atoms with Crippen LogP contribution < -0.4 is 5.32 Å². The second kappa shape index (κ2) is 7.58. The molecule has 0 aromatic carbocycles. The first-order chi connectivity index (χ1) is 11.1. The van der Waals surface area contributed by atoms with Crippen molar-refractivity contribution in [3.63, 3.8) is 0 Å². The zero-order valence-electron chi connectivity index (χ0n) is 14.1. The summed E-state index contributed by atoms with van der Waals surface area (Å²) in [5.41, 5.74) is 1.08. The van der Waals surface area contributed by atoms with E-state index in [0.717, 1.165) is 61.6 Å². The van der Waals surface area contributed by atoms with Gasteiger partial charge in [0, 0.05) is 30.9 Å². The molecule has 2 aliphatic rings. The monoisotopic (exact) mass is 333 g/mol. The van der Waals surface area contributed by atoms with Crippen LogP contribution in [0.4, 0.5) is 5.13 Å². The van der Waals surface area contributed by atoms with Crippen LogP contribution in [0, 0.1) is 17.8 Å². The van der Waals surface area contributed by atoms with Crippen LogP contribution in [0.5, 0.6) is 0 Å². The van der Waals surface area contributed by atoms with Gasteiger partial charge in [-0.05, 0) is 37.5 Å². The van der Waals surface area contributed by atoms with Crippen LogP contribution >= 0.6 is 11.3 Å². The van der Waals surface area contributed by atoms with Crippen LogP contribution in [-0.4, -0.2) is 28.9 Å². The predicted molar refractivity (Wildman–Crippen MR) is 95.4 cm³/mol. The first kappa shape index (κ1) is 16.7. The number of anilines is 1. The van der Waals surface area contributed by atoms with Gasteiger partial charge in [-0.1, -0.05) is 26.0 Å². The van der Waals surface area contributed by atoms with Gasteiger partial charge in [-0.25, -0.2) is 4.98 Å². The molecule has 3 atom stereocenters. The van der Waals surface area contributed by atoms with Crippen molar-refractivity contribution in [2.24, 2.45) is 17.8 Å². The molecule has 1 aliphatic carbocycles. The van der Waals surface area contributed by atoms with Crippen LogP contribution in [0.3, 0.4) is 0 Å². The lowest BCUT2D eigenvalue weighted by Crippen LogP contribution is -2.38. The summed E-state index contributed by atoms with van der Waals surface area (Å²) in [6.07, 6.45) is 8.40. The van der Waals surface area contributed by atoms with E-state index in [4.69, 9.17) is 0 Å². The van der Waals surface area contributed by atoms with Crippen molar-refractivity contribution < 1.29 is 4.79 Å². The standard InChI is InChI=1S/C18H27N3OS/c1-13-8-14(2)10-21(9-13)11-16-12-23-18(19-16)20-17(22)15-6-4-3-5-7-15/h3-4,12-15H,5-11H2,1-2H3,(H,19,20,22)/t13-,14+,15-/m0/s1. The molecule has 3 rings (SSSR count). The van der Waals surface area contributed by atoms with Crippen molar-refractivity contribution >= 4 is 22.4 Å². The van der Waals surface area contributed by atoms with E-state index in [1.165, 1.54) is 6.42 Å². The maximum absolute atomic E-state index is 12.3. The first-order valence-electron chi connectivity index (χ1n) is 8.72. The number of hydrogen-bond donors (Lipinski definition) is 1. The number of carbonyl (C=O) groups excluding carboxylic acids is 1. The summed E-state index contributed by atoms with van der Waals surface area (Å²) in [5.74, 6) is 1.75. The van der Waals surface area contributed by atoms with Gasteiger partial charge >= 0.3 is 0 Å². The number of nitrogens with zero attached hydrogens (tertiary/aromatic N) is 2. The van der Waals surface area contributed by atoms with E-state index < -0.39 is 0 Å². The molecule has 1 aromatic heterocycles. The summed E-state index contributed by atoms with van der Waals surface area (Å²) in [6.45, 7) is 7.85. The highest BCUT2D eigenvalue weighted by atomic mass is 32.1.